The van der Waals surface area contributed by atoms with Crippen LogP contribution in [0.2, 0.25) is 0 Å². The number of H-pyrrole nitrogens is 1. The summed E-state index contributed by atoms with van der Waals surface area (Å²) in [6.07, 6.45) is 0. The van der Waals surface area contributed by atoms with Gasteiger partial charge in [-0.15, -0.1) is 0 Å². The van der Waals surface area contributed by atoms with Gasteiger partial charge in [-0.3, -0.25) is 0 Å². The molecule has 0 spiro atoms. The van der Waals surface area contributed by atoms with Gasteiger partial charge in [0.25, 0.3) is 0 Å². The Balaban J connectivity index is 2.54. The standard InChI is InChI=1S/C12H8Br2N2/c1-6-7-2-4-9(13)15-11(7)12-8(6)3-5-10(14)16-12/h2-5,15H,1H3. The van der Waals surface area contributed by atoms with Crippen LogP contribution >= 0.6 is 31.9 Å². The summed E-state index contributed by atoms with van der Waals surface area (Å²) < 4.78 is 1.83. The average molecular weight is 340 g/mol. The minimum Gasteiger partial charge on any atom is -0.348 e. The molecule has 0 unspecified atom stereocenters. The topological polar surface area (TPSA) is 28.7 Å². The summed E-state index contributed by atoms with van der Waals surface area (Å²) in [6.45, 7) is 2.13. The Morgan fingerprint density at radius 2 is 1.94 bits per heavy atom. The van der Waals surface area contributed by atoms with Gasteiger partial charge < -0.3 is 4.98 Å². The number of nitrogens with one attached hydrogen (secondary N) is 1. The number of halogens is 2. The van der Waals surface area contributed by atoms with Crippen molar-refractivity contribution in [3.05, 3.63) is 39.0 Å². The molecule has 0 bridgehead atoms. The lowest BCUT2D eigenvalue weighted by Gasteiger charge is -2.01. The number of fused-ring (bicyclic) bond motifs is 3. The molecule has 2 aliphatic rings. The van der Waals surface area contributed by atoms with Gasteiger partial charge >= 0.3 is 0 Å². The van der Waals surface area contributed by atoms with Crippen molar-refractivity contribution in [1.82, 2.24) is 9.97 Å². The van der Waals surface area contributed by atoms with Crippen LogP contribution in [0.1, 0.15) is 5.56 Å². The zero-order valence-corrected chi connectivity index (χ0v) is 11.7. The third-order valence-corrected chi connectivity index (χ3v) is 3.72. The number of pyridine rings is 2. The zero-order chi connectivity index (χ0) is 11.3. The van der Waals surface area contributed by atoms with E-state index in [1.807, 2.05) is 12.1 Å². The Hall–Kier alpha value is -0.870. The molecule has 0 saturated heterocycles. The highest BCUT2D eigenvalue weighted by atomic mass is 79.9. The molecule has 0 atom stereocenters. The number of aromatic amines is 1. The Morgan fingerprint density at radius 3 is 2.75 bits per heavy atom. The van der Waals surface area contributed by atoms with Gasteiger partial charge in [0.15, 0.2) is 0 Å². The Morgan fingerprint density at radius 1 is 1.12 bits per heavy atom. The molecule has 2 heterocycles. The monoisotopic (exact) mass is 338 g/mol. The van der Waals surface area contributed by atoms with Crippen LogP contribution in [0.4, 0.5) is 0 Å². The summed E-state index contributed by atoms with van der Waals surface area (Å²) in [4.78, 5) is 7.84. The van der Waals surface area contributed by atoms with Crippen LogP contribution in [0.5, 0.6) is 0 Å². The first kappa shape index (κ1) is 10.3. The van der Waals surface area contributed by atoms with Crippen LogP contribution in [0.25, 0.3) is 22.2 Å². The van der Waals surface area contributed by atoms with E-state index in [4.69, 9.17) is 0 Å². The summed E-state index contributed by atoms with van der Waals surface area (Å²) >= 11 is 6.86. The second-order valence-electron chi connectivity index (χ2n) is 3.75. The predicted octanol–water partition coefficient (Wildman–Crippen LogP) is 4.50. The van der Waals surface area contributed by atoms with E-state index in [-0.39, 0.29) is 0 Å². The highest BCUT2D eigenvalue weighted by molar-refractivity contribution is 9.10. The maximum Gasteiger partial charge on any atom is 0.106 e. The van der Waals surface area contributed by atoms with E-state index in [2.05, 4.69) is 60.9 Å². The van der Waals surface area contributed by atoms with Gasteiger partial charge in [0.05, 0.1) is 15.8 Å². The van der Waals surface area contributed by atoms with Gasteiger partial charge in [0.2, 0.25) is 0 Å². The van der Waals surface area contributed by atoms with E-state index >= 15 is 0 Å². The fraction of sp³-hybridized carbons (Fsp3) is 0.0833. The van der Waals surface area contributed by atoms with E-state index < -0.39 is 0 Å². The summed E-state index contributed by atoms with van der Waals surface area (Å²) in [5, 5.41) is 1.20. The molecule has 1 aromatic heterocycles. The molecule has 1 aliphatic heterocycles. The number of rotatable bonds is 0. The number of aryl methyl sites for hydroxylation is 1. The van der Waals surface area contributed by atoms with Gasteiger partial charge in [-0.1, -0.05) is 0 Å². The molecule has 0 amide bonds. The summed E-state index contributed by atoms with van der Waals surface area (Å²) in [5.74, 6) is 0. The van der Waals surface area contributed by atoms with E-state index in [0.29, 0.717) is 0 Å². The lowest BCUT2D eigenvalue weighted by Crippen LogP contribution is -1.84. The van der Waals surface area contributed by atoms with Crippen molar-refractivity contribution in [3.63, 3.8) is 0 Å². The normalized spacial score (nSPS) is 11.4. The summed E-state index contributed by atoms with van der Waals surface area (Å²) in [5.41, 5.74) is 4.60. The molecule has 1 aromatic rings. The van der Waals surface area contributed by atoms with Crippen molar-refractivity contribution < 1.29 is 0 Å². The van der Waals surface area contributed by atoms with Crippen molar-refractivity contribution >= 4 is 42.8 Å². The second-order valence-corrected chi connectivity index (χ2v) is 5.42. The summed E-state index contributed by atoms with van der Waals surface area (Å²) in [6, 6.07) is 8.21. The van der Waals surface area contributed by atoms with Crippen LogP contribution in [-0.4, -0.2) is 9.97 Å². The summed E-state index contributed by atoms with van der Waals surface area (Å²) in [7, 11) is 0. The van der Waals surface area contributed by atoms with Crippen molar-refractivity contribution in [2.45, 2.75) is 6.92 Å². The van der Waals surface area contributed by atoms with Crippen LogP contribution in [0.3, 0.4) is 0 Å². The minimum absolute atomic E-state index is 0.861. The largest absolute Gasteiger partial charge is 0.348 e. The molecule has 4 heteroatoms. The van der Waals surface area contributed by atoms with Gasteiger partial charge in [0, 0.05) is 10.9 Å². The predicted molar refractivity (Wildman–Crippen MR) is 72.9 cm³/mol. The third kappa shape index (κ3) is 1.40. The maximum atomic E-state index is 4.53. The van der Waals surface area contributed by atoms with Crippen molar-refractivity contribution in [2.24, 2.45) is 0 Å². The van der Waals surface area contributed by atoms with E-state index in [0.717, 1.165) is 20.4 Å². The first-order chi connectivity index (χ1) is 7.66. The molecule has 0 saturated carbocycles. The first-order valence-corrected chi connectivity index (χ1v) is 6.48. The molecule has 1 aliphatic carbocycles. The Bertz CT molecular complexity index is 658. The van der Waals surface area contributed by atoms with Crippen molar-refractivity contribution in [3.8, 4) is 11.3 Å². The fourth-order valence-corrected chi connectivity index (χ4v) is 2.68. The zero-order valence-electron chi connectivity index (χ0n) is 8.51. The van der Waals surface area contributed by atoms with Crippen molar-refractivity contribution in [1.29, 1.82) is 0 Å². The smallest absolute Gasteiger partial charge is 0.106 e. The van der Waals surface area contributed by atoms with Crippen LogP contribution in [0, 0.1) is 6.92 Å². The van der Waals surface area contributed by atoms with Gasteiger partial charge in [-0.05, 0) is 68.6 Å². The molecule has 2 nitrogen and oxygen atoms in total. The minimum atomic E-state index is 0.861. The van der Waals surface area contributed by atoms with Gasteiger partial charge in [-0.2, -0.15) is 0 Å². The van der Waals surface area contributed by atoms with E-state index in [9.17, 15) is 0 Å². The molecule has 1 N–H and O–H groups in total. The number of hydrogen-bond donors (Lipinski definition) is 1. The van der Waals surface area contributed by atoms with E-state index in [1.165, 1.54) is 16.5 Å². The molecule has 0 fully saturated rings. The van der Waals surface area contributed by atoms with Crippen LogP contribution in [0.15, 0.2) is 33.5 Å². The quantitative estimate of drug-likeness (QED) is 0.600. The molecule has 0 radical (unpaired) electrons. The average Bonchev–Trinajstić information content (AvgIpc) is 2.52. The SMILES string of the molecule is Cc1c2ccc(Br)[nH]c-2c2nc(Br)ccc12. The maximum absolute atomic E-state index is 4.53. The second kappa shape index (κ2) is 3.57. The van der Waals surface area contributed by atoms with Gasteiger partial charge in [-0.25, -0.2) is 4.98 Å². The highest BCUT2D eigenvalue weighted by Gasteiger charge is 2.16. The third-order valence-electron chi connectivity index (χ3n) is 2.82. The van der Waals surface area contributed by atoms with Gasteiger partial charge in [0.1, 0.15) is 4.60 Å². The highest BCUT2D eigenvalue weighted by Crippen LogP contribution is 2.37. The fourth-order valence-electron chi connectivity index (χ4n) is 2.04. The molecule has 80 valence electrons. The first-order valence-electron chi connectivity index (χ1n) is 4.90. The molecular weight excluding hydrogens is 332 g/mol. The lowest BCUT2D eigenvalue weighted by atomic mass is 10.1. The van der Waals surface area contributed by atoms with Crippen LogP contribution in [-0.2, 0) is 0 Å². The van der Waals surface area contributed by atoms with Crippen LogP contribution < -0.4 is 0 Å². The number of nitrogens with zero attached hydrogens (tertiary/aromatic N) is 1. The number of hydrogen-bond acceptors (Lipinski definition) is 1. The molecule has 3 rings (SSSR count). The Kier molecular flexibility index (Phi) is 2.30. The Labute approximate surface area is 110 Å². The molecular formula is C12H8Br2N2. The number of aromatic nitrogens is 2. The lowest BCUT2D eigenvalue weighted by molar-refractivity contribution is 1.27. The van der Waals surface area contributed by atoms with E-state index in [1.54, 1.807) is 0 Å². The molecule has 16 heavy (non-hydrogen) atoms. The van der Waals surface area contributed by atoms with Crippen molar-refractivity contribution in [2.75, 3.05) is 0 Å². The molecule has 0 aromatic carbocycles.